The molecule has 0 amide bonds. The van der Waals surface area contributed by atoms with Gasteiger partial charge in [-0.05, 0) is 36.7 Å². The van der Waals surface area contributed by atoms with E-state index in [1.807, 2.05) is 0 Å². The largest absolute Gasteiger partial charge is 0.494 e. The van der Waals surface area contributed by atoms with E-state index in [-0.39, 0.29) is 0 Å². The van der Waals surface area contributed by atoms with E-state index < -0.39 is 8.69 Å². The molecule has 0 radical (unpaired) electrons. The van der Waals surface area contributed by atoms with Gasteiger partial charge in [-0.1, -0.05) is 76.9 Å². The highest BCUT2D eigenvalue weighted by atomic mass is 31.1. The topological polar surface area (TPSA) is 26.3 Å². The number of hydrogen-bond acceptors (Lipinski definition) is 2. The lowest BCUT2D eigenvalue weighted by Crippen LogP contribution is -1.85. The Kier molecular flexibility index (Phi) is 19.6. The van der Waals surface area contributed by atoms with E-state index in [1.165, 1.54) is 83.5 Å². The van der Waals surface area contributed by atoms with Crippen molar-refractivity contribution in [1.82, 2.24) is 0 Å². The lowest BCUT2D eigenvalue weighted by Gasteiger charge is -1.99. The number of unbranched alkanes of at least 4 members (excludes halogenated alkanes) is 12. The normalized spacial score (nSPS) is 11.7. The fourth-order valence-corrected chi connectivity index (χ4v) is 2.69. The molecule has 0 aliphatic carbocycles. The van der Waals surface area contributed by atoms with Gasteiger partial charge in [0.25, 0.3) is 0 Å². The fraction of sp³-hybridized carbons (Fsp3) is 0.889. The van der Waals surface area contributed by atoms with Crippen LogP contribution in [0.15, 0.2) is 12.2 Å². The standard InChI is InChI=1S/C18H36O2P/c1-2-3-4-5-6-7-8-9-10-11-12-13-14-15-16-17-18-20-21-19/h9-10,21H,2-8,11-18H2,1H3/q+1/b10-9-. The minimum absolute atomic E-state index is 0.589. The van der Waals surface area contributed by atoms with Crippen molar-refractivity contribution in [1.29, 1.82) is 0 Å². The van der Waals surface area contributed by atoms with E-state index >= 15 is 0 Å². The highest BCUT2D eigenvalue weighted by molar-refractivity contribution is 7.17. The Morgan fingerprint density at radius 2 is 1.19 bits per heavy atom. The molecule has 0 aliphatic heterocycles. The summed E-state index contributed by atoms with van der Waals surface area (Å²) in [4.78, 5) is 0. The molecule has 0 aromatic heterocycles. The smallest absolute Gasteiger partial charge is 0.148 e. The maximum atomic E-state index is 10.1. The highest BCUT2D eigenvalue weighted by Crippen LogP contribution is 2.10. The monoisotopic (exact) mass is 315 g/mol. The van der Waals surface area contributed by atoms with Gasteiger partial charge in [-0.2, -0.15) is 0 Å². The van der Waals surface area contributed by atoms with Gasteiger partial charge >= 0.3 is 8.69 Å². The Labute approximate surface area is 134 Å². The molecule has 0 saturated heterocycles. The van der Waals surface area contributed by atoms with Crippen molar-refractivity contribution in [3.8, 4) is 0 Å². The van der Waals surface area contributed by atoms with Crippen molar-refractivity contribution in [2.24, 2.45) is 0 Å². The van der Waals surface area contributed by atoms with Gasteiger partial charge in [0, 0.05) is 0 Å². The van der Waals surface area contributed by atoms with Crippen LogP contribution in [-0.4, -0.2) is 6.61 Å². The second-order valence-corrected chi connectivity index (χ2v) is 6.32. The molecule has 21 heavy (non-hydrogen) atoms. The van der Waals surface area contributed by atoms with Gasteiger partial charge < -0.3 is 0 Å². The van der Waals surface area contributed by atoms with Gasteiger partial charge in [0.1, 0.15) is 6.61 Å². The van der Waals surface area contributed by atoms with E-state index in [1.54, 1.807) is 0 Å². The van der Waals surface area contributed by atoms with Crippen LogP contribution in [0.1, 0.15) is 96.8 Å². The van der Waals surface area contributed by atoms with Crippen LogP contribution in [0.4, 0.5) is 0 Å². The third-order valence-electron chi connectivity index (χ3n) is 3.82. The van der Waals surface area contributed by atoms with Gasteiger partial charge in [-0.25, -0.2) is 0 Å². The zero-order valence-corrected chi connectivity index (χ0v) is 15.1. The third-order valence-corrected chi connectivity index (χ3v) is 4.14. The predicted octanol–water partition coefficient (Wildman–Crippen LogP) is 6.98. The molecule has 0 fully saturated rings. The molecule has 0 bridgehead atoms. The van der Waals surface area contributed by atoms with Crippen LogP contribution < -0.4 is 0 Å². The minimum Gasteiger partial charge on any atom is -0.148 e. The van der Waals surface area contributed by atoms with Gasteiger partial charge in [-0.3, -0.25) is 0 Å². The van der Waals surface area contributed by atoms with Crippen molar-refractivity contribution in [2.45, 2.75) is 96.8 Å². The molecule has 0 aromatic rings. The molecule has 0 N–H and O–H groups in total. The van der Waals surface area contributed by atoms with E-state index in [0.717, 1.165) is 6.42 Å². The SMILES string of the molecule is CCCCCCCC/C=C\CCCCCCCCO[PH+]=O. The van der Waals surface area contributed by atoms with Crippen LogP contribution in [0.2, 0.25) is 0 Å². The first-order chi connectivity index (χ1) is 10.4. The molecule has 3 heteroatoms. The summed E-state index contributed by atoms with van der Waals surface area (Å²) in [5.41, 5.74) is 0. The summed E-state index contributed by atoms with van der Waals surface area (Å²) in [6.45, 7) is 2.93. The Bertz CT molecular complexity index is 229. The lowest BCUT2D eigenvalue weighted by atomic mass is 10.1. The van der Waals surface area contributed by atoms with E-state index in [9.17, 15) is 4.57 Å². The summed E-state index contributed by atoms with van der Waals surface area (Å²) in [6, 6.07) is 0. The molecule has 2 nitrogen and oxygen atoms in total. The van der Waals surface area contributed by atoms with Crippen LogP contribution in [0, 0.1) is 0 Å². The van der Waals surface area contributed by atoms with Gasteiger partial charge in [-0.15, -0.1) is 4.52 Å². The van der Waals surface area contributed by atoms with Crippen LogP contribution in [0.3, 0.4) is 0 Å². The number of allylic oxidation sites excluding steroid dienone is 2. The Hall–Kier alpha value is -0.200. The van der Waals surface area contributed by atoms with Crippen LogP contribution in [0.5, 0.6) is 0 Å². The maximum Gasteiger partial charge on any atom is 0.494 e. The number of hydrogen-bond donors (Lipinski definition) is 0. The summed E-state index contributed by atoms with van der Waals surface area (Å²) in [6.07, 6.45) is 23.1. The van der Waals surface area contributed by atoms with Crippen LogP contribution in [-0.2, 0) is 9.09 Å². The molecule has 0 aromatic carbocycles. The summed E-state index contributed by atoms with van der Waals surface area (Å²) in [5.74, 6) is 0. The van der Waals surface area contributed by atoms with Gasteiger partial charge in [0.05, 0.1) is 0 Å². The van der Waals surface area contributed by atoms with Gasteiger partial charge in [0.15, 0.2) is 0 Å². The van der Waals surface area contributed by atoms with Crippen LogP contribution >= 0.6 is 8.69 Å². The first-order valence-corrected chi connectivity index (χ1v) is 9.87. The molecule has 0 heterocycles. The molecule has 124 valence electrons. The molecule has 0 rings (SSSR count). The summed E-state index contributed by atoms with van der Waals surface area (Å²) < 4.78 is 14.9. The Morgan fingerprint density at radius 1 is 0.714 bits per heavy atom. The van der Waals surface area contributed by atoms with E-state index in [4.69, 9.17) is 4.52 Å². The predicted molar refractivity (Wildman–Crippen MR) is 94.4 cm³/mol. The van der Waals surface area contributed by atoms with E-state index in [2.05, 4.69) is 19.1 Å². The number of rotatable bonds is 17. The molecular weight excluding hydrogens is 279 g/mol. The van der Waals surface area contributed by atoms with Crippen LogP contribution in [0.25, 0.3) is 0 Å². The molecular formula is C18H36O2P+. The molecule has 1 unspecified atom stereocenters. The first kappa shape index (κ1) is 20.8. The minimum atomic E-state index is -0.589. The molecule has 0 saturated carbocycles. The molecule has 0 spiro atoms. The Morgan fingerprint density at radius 3 is 1.71 bits per heavy atom. The van der Waals surface area contributed by atoms with Crippen molar-refractivity contribution in [3.63, 3.8) is 0 Å². The first-order valence-electron chi connectivity index (χ1n) is 9.05. The second-order valence-electron chi connectivity index (χ2n) is 5.87. The lowest BCUT2D eigenvalue weighted by molar-refractivity contribution is 0.328. The average Bonchev–Trinajstić information content (AvgIpc) is 2.50. The van der Waals surface area contributed by atoms with Crippen molar-refractivity contribution >= 4 is 8.69 Å². The average molecular weight is 315 g/mol. The summed E-state index contributed by atoms with van der Waals surface area (Å²) >= 11 is 0. The highest BCUT2D eigenvalue weighted by Gasteiger charge is 1.94. The van der Waals surface area contributed by atoms with Crippen molar-refractivity contribution < 1.29 is 9.09 Å². The van der Waals surface area contributed by atoms with Crippen molar-refractivity contribution in [3.05, 3.63) is 12.2 Å². The zero-order valence-electron chi connectivity index (χ0n) is 14.1. The Balaban J connectivity index is 3.03. The summed E-state index contributed by atoms with van der Waals surface area (Å²) in [5, 5.41) is 0. The van der Waals surface area contributed by atoms with Gasteiger partial charge in [0.2, 0.25) is 0 Å². The second kappa shape index (κ2) is 19.8. The quantitative estimate of drug-likeness (QED) is 0.164. The third kappa shape index (κ3) is 19.8. The van der Waals surface area contributed by atoms with E-state index in [0.29, 0.717) is 6.61 Å². The zero-order chi connectivity index (χ0) is 15.4. The maximum absolute atomic E-state index is 10.1. The molecule has 1 atom stereocenters. The summed E-state index contributed by atoms with van der Waals surface area (Å²) in [7, 11) is -0.589. The van der Waals surface area contributed by atoms with Crippen molar-refractivity contribution in [2.75, 3.05) is 6.61 Å². The fourth-order valence-electron chi connectivity index (χ4n) is 2.46. The molecule has 0 aliphatic rings.